The second-order valence-corrected chi connectivity index (χ2v) is 4.30. The van der Waals surface area contributed by atoms with Gasteiger partial charge in [-0.15, -0.1) is 0 Å². The molecule has 2 rings (SSSR count). The average molecular weight is 231 g/mol. The summed E-state index contributed by atoms with van der Waals surface area (Å²) in [5.74, 6) is 1.88. The van der Waals surface area contributed by atoms with Crippen LogP contribution in [0.1, 0.15) is 38.2 Å². The number of ether oxygens (including phenoxy) is 2. The van der Waals surface area contributed by atoms with Gasteiger partial charge < -0.3 is 9.47 Å². The van der Waals surface area contributed by atoms with Crippen LogP contribution in [0.2, 0.25) is 0 Å². The summed E-state index contributed by atoms with van der Waals surface area (Å²) < 4.78 is 10.6. The van der Waals surface area contributed by atoms with Crippen LogP contribution < -0.4 is 9.47 Å². The van der Waals surface area contributed by atoms with Crippen molar-refractivity contribution in [2.75, 3.05) is 6.79 Å². The zero-order valence-corrected chi connectivity index (χ0v) is 10.3. The summed E-state index contributed by atoms with van der Waals surface area (Å²) in [6, 6.07) is 8.22. The Labute approximate surface area is 102 Å². The van der Waals surface area contributed by atoms with Gasteiger partial charge in [0.05, 0.1) is 12.0 Å². The molecule has 1 aliphatic rings. The fraction of sp³-hybridized carbons (Fsp3) is 0.500. The highest BCUT2D eigenvalue weighted by Gasteiger charge is 2.22. The van der Waals surface area contributed by atoms with Crippen LogP contribution in [0.5, 0.6) is 11.5 Å². The Morgan fingerprint density at radius 2 is 1.94 bits per heavy atom. The summed E-state index contributed by atoms with van der Waals surface area (Å²) in [6.45, 7) is 4.54. The number of rotatable bonds is 4. The molecule has 0 spiro atoms. The van der Waals surface area contributed by atoms with Crippen LogP contribution in [0.25, 0.3) is 0 Å². The summed E-state index contributed by atoms with van der Waals surface area (Å²) >= 11 is 0. The molecule has 1 unspecified atom stereocenters. The van der Waals surface area contributed by atoms with Crippen LogP contribution in [0, 0.1) is 17.2 Å². The largest absolute Gasteiger partial charge is 0.454 e. The van der Waals surface area contributed by atoms with Crippen LogP contribution in [0.3, 0.4) is 0 Å². The van der Waals surface area contributed by atoms with Gasteiger partial charge in [0, 0.05) is 0 Å². The second-order valence-electron chi connectivity index (χ2n) is 4.30. The lowest BCUT2D eigenvalue weighted by molar-refractivity contribution is 0.174. The maximum absolute atomic E-state index is 9.34. The van der Waals surface area contributed by atoms with Crippen molar-refractivity contribution in [3.63, 3.8) is 0 Å². The molecule has 1 heterocycles. The highest BCUT2D eigenvalue weighted by Crippen LogP contribution is 2.37. The molecular formula is C14H17NO2. The van der Waals surface area contributed by atoms with Gasteiger partial charge in [-0.1, -0.05) is 32.8 Å². The van der Waals surface area contributed by atoms with E-state index in [4.69, 9.17) is 9.47 Å². The molecule has 90 valence electrons. The fourth-order valence-electron chi connectivity index (χ4n) is 2.32. The van der Waals surface area contributed by atoms with Gasteiger partial charge in [-0.25, -0.2) is 0 Å². The van der Waals surface area contributed by atoms with Crippen LogP contribution in [0.15, 0.2) is 18.2 Å². The number of hydrogen-bond acceptors (Lipinski definition) is 3. The first-order valence-electron chi connectivity index (χ1n) is 6.09. The van der Waals surface area contributed by atoms with Crippen molar-refractivity contribution in [3.8, 4) is 17.6 Å². The van der Waals surface area contributed by atoms with Crippen LogP contribution in [-0.4, -0.2) is 6.79 Å². The first-order valence-corrected chi connectivity index (χ1v) is 6.09. The van der Waals surface area contributed by atoms with Gasteiger partial charge in [0.15, 0.2) is 11.5 Å². The zero-order chi connectivity index (χ0) is 12.3. The van der Waals surface area contributed by atoms with Crippen molar-refractivity contribution >= 4 is 0 Å². The van der Waals surface area contributed by atoms with E-state index in [9.17, 15) is 5.26 Å². The van der Waals surface area contributed by atoms with Gasteiger partial charge >= 0.3 is 0 Å². The van der Waals surface area contributed by atoms with Crippen molar-refractivity contribution < 1.29 is 9.47 Å². The summed E-state index contributed by atoms with van der Waals surface area (Å²) in [6.07, 6.45) is 2.03. The van der Waals surface area contributed by atoms with E-state index >= 15 is 0 Å². The number of hydrogen-bond donors (Lipinski definition) is 0. The average Bonchev–Trinajstić information content (AvgIpc) is 2.82. The molecule has 1 aliphatic heterocycles. The minimum Gasteiger partial charge on any atom is -0.454 e. The van der Waals surface area contributed by atoms with Gasteiger partial charge in [-0.2, -0.15) is 5.26 Å². The second kappa shape index (κ2) is 5.09. The Bertz CT molecular complexity index is 432. The first kappa shape index (κ1) is 11.8. The molecule has 1 aromatic rings. The molecule has 0 aromatic heterocycles. The van der Waals surface area contributed by atoms with E-state index in [-0.39, 0.29) is 12.7 Å². The van der Waals surface area contributed by atoms with Crippen LogP contribution >= 0.6 is 0 Å². The summed E-state index contributed by atoms with van der Waals surface area (Å²) in [7, 11) is 0. The third kappa shape index (κ3) is 2.21. The Morgan fingerprint density at radius 1 is 1.24 bits per heavy atom. The van der Waals surface area contributed by atoms with Crippen molar-refractivity contribution in [1.82, 2.24) is 0 Å². The molecule has 1 atom stereocenters. The molecule has 17 heavy (non-hydrogen) atoms. The molecule has 0 saturated carbocycles. The fourth-order valence-corrected chi connectivity index (χ4v) is 2.32. The third-order valence-electron chi connectivity index (χ3n) is 3.41. The number of nitrogens with zero attached hydrogens (tertiary/aromatic N) is 1. The molecule has 0 N–H and O–H groups in total. The van der Waals surface area contributed by atoms with E-state index in [1.54, 1.807) is 0 Å². The quantitative estimate of drug-likeness (QED) is 0.797. The molecule has 1 aromatic carbocycles. The smallest absolute Gasteiger partial charge is 0.231 e. The highest BCUT2D eigenvalue weighted by molar-refractivity contribution is 5.46. The lowest BCUT2D eigenvalue weighted by Crippen LogP contribution is -2.09. The molecule has 0 saturated heterocycles. The lowest BCUT2D eigenvalue weighted by Gasteiger charge is -2.19. The highest BCUT2D eigenvalue weighted by atomic mass is 16.7. The van der Waals surface area contributed by atoms with E-state index in [2.05, 4.69) is 19.9 Å². The molecule has 3 heteroatoms. The van der Waals surface area contributed by atoms with E-state index < -0.39 is 0 Å². The Morgan fingerprint density at radius 3 is 2.59 bits per heavy atom. The Hall–Kier alpha value is -1.69. The van der Waals surface area contributed by atoms with E-state index in [0.29, 0.717) is 5.92 Å². The molecule has 0 aliphatic carbocycles. The number of benzene rings is 1. The molecule has 0 bridgehead atoms. The standard InChI is InChI=1S/C14H17NO2/c1-3-10(4-2)12(8-15)11-5-6-13-14(7-11)17-9-16-13/h5-7,10,12H,3-4,9H2,1-2H3. The Kier molecular flexibility index (Phi) is 3.53. The SMILES string of the molecule is CCC(CC)C(C#N)c1ccc2c(c1)OCO2. The number of nitriles is 1. The minimum absolute atomic E-state index is 0.0560. The normalized spacial score (nSPS) is 14.7. The monoisotopic (exact) mass is 231 g/mol. The molecular weight excluding hydrogens is 214 g/mol. The van der Waals surface area contributed by atoms with Crippen LogP contribution in [0.4, 0.5) is 0 Å². The number of fused-ring (bicyclic) bond motifs is 1. The van der Waals surface area contributed by atoms with Crippen molar-refractivity contribution in [1.29, 1.82) is 5.26 Å². The van der Waals surface area contributed by atoms with E-state index in [1.807, 2.05) is 18.2 Å². The predicted molar refractivity (Wildman–Crippen MR) is 65.0 cm³/mol. The molecule has 0 amide bonds. The summed E-state index contributed by atoms with van der Waals surface area (Å²) in [5, 5.41) is 9.34. The van der Waals surface area contributed by atoms with Gasteiger partial charge in [0.2, 0.25) is 6.79 Å². The summed E-state index contributed by atoms with van der Waals surface area (Å²) in [5.41, 5.74) is 1.03. The van der Waals surface area contributed by atoms with Gasteiger partial charge in [0.25, 0.3) is 0 Å². The van der Waals surface area contributed by atoms with Gasteiger partial charge in [-0.05, 0) is 23.6 Å². The van der Waals surface area contributed by atoms with Gasteiger partial charge in [-0.3, -0.25) is 0 Å². The van der Waals surface area contributed by atoms with Crippen LogP contribution in [-0.2, 0) is 0 Å². The van der Waals surface area contributed by atoms with Gasteiger partial charge in [0.1, 0.15) is 0 Å². The maximum atomic E-state index is 9.34. The summed E-state index contributed by atoms with van der Waals surface area (Å²) in [4.78, 5) is 0. The Balaban J connectivity index is 2.29. The lowest BCUT2D eigenvalue weighted by atomic mass is 9.83. The molecule has 0 fully saturated rings. The van der Waals surface area contributed by atoms with Crippen molar-refractivity contribution in [2.24, 2.45) is 5.92 Å². The predicted octanol–water partition coefficient (Wildman–Crippen LogP) is 3.46. The zero-order valence-electron chi connectivity index (χ0n) is 10.3. The van der Waals surface area contributed by atoms with Crippen molar-refractivity contribution in [3.05, 3.63) is 23.8 Å². The third-order valence-corrected chi connectivity index (χ3v) is 3.41. The minimum atomic E-state index is -0.0560. The molecule has 0 radical (unpaired) electrons. The first-order chi connectivity index (χ1) is 8.30. The maximum Gasteiger partial charge on any atom is 0.231 e. The van der Waals surface area contributed by atoms with Crippen molar-refractivity contribution in [2.45, 2.75) is 32.6 Å². The van der Waals surface area contributed by atoms with E-state index in [0.717, 1.165) is 29.9 Å². The topological polar surface area (TPSA) is 42.2 Å². The molecule has 3 nitrogen and oxygen atoms in total. The van der Waals surface area contributed by atoms with E-state index in [1.165, 1.54) is 0 Å².